The number of aromatic nitrogens is 1. The molecule has 20 heavy (non-hydrogen) atoms. The molecule has 0 bridgehead atoms. The standard InChI is InChI=1S/C13H18Cl2N2O3/c1-7(17-12(19)20-13(2,3)4)11(18)10-9(15)5-8(14)6-16-10/h5-7,11,18H,1-4H3,(H,17,19)/t7-,11-/m0/s1. The van der Waals surface area contributed by atoms with Gasteiger partial charge in [0.25, 0.3) is 0 Å². The molecule has 1 aromatic rings. The molecule has 0 aromatic carbocycles. The summed E-state index contributed by atoms with van der Waals surface area (Å²) < 4.78 is 5.11. The molecule has 1 aromatic heterocycles. The molecule has 1 rings (SSSR count). The maximum Gasteiger partial charge on any atom is 0.407 e. The number of alkyl carbamates (subject to hydrolysis) is 1. The Morgan fingerprint density at radius 2 is 2.05 bits per heavy atom. The molecule has 1 amide bonds. The predicted molar refractivity (Wildman–Crippen MR) is 78.0 cm³/mol. The van der Waals surface area contributed by atoms with Gasteiger partial charge >= 0.3 is 6.09 Å². The van der Waals surface area contributed by atoms with Crippen molar-refractivity contribution in [3.8, 4) is 0 Å². The van der Waals surface area contributed by atoms with Crippen molar-refractivity contribution in [3.05, 3.63) is 28.0 Å². The van der Waals surface area contributed by atoms with Crippen LogP contribution in [0.4, 0.5) is 4.79 Å². The first-order valence-electron chi connectivity index (χ1n) is 6.08. The highest BCUT2D eigenvalue weighted by Gasteiger charge is 2.24. The van der Waals surface area contributed by atoms with E-state index in [-0.39, 0.29) is 10.7 Å². The number of carbonyl (C=O) groups is 1. The van der Waals surface area contributed by atoms with Crippen molar-refractivity contribution in [2.75, 3.05) is 0 Å². The van der Waals surface area contributed by atoms with E-state index in [9.17, 15) is 9.90 Å². The van der Waals surface area contributed by atoms with Crippen LogP contribution in [0.3, 0.4) is 0 Å². The molecule has 0 radical (unpaired) electrons. The second kappa shape index (κ2) is 6.61. The first kappa shape index (κ1) is 17.0. The number of nitrogens with zero attached hydrogens (tertiary/aromatic N) is 1. The smallest absolute Gasteiger partial charge is 0.407 e. The molecule has 0 unspecified atom stereocenters. The lowest BCUT2D eigenvalue weighted by Gasteiger charge is -2.24. The topological polar surface area (TPSA) is 71.5 Å². The zero-order valence-corrected chi connectivity index (χ0v) is 13.3. The largest absolute Gasteiger partial charge is 0.444 e. The Morgan fingerprint density at radius 1 is 1.45 bits per heavy atom. The average Bonchev–Trinajstić information content (AvgIpc) is 2.25. The van der Waals surface area contributed by atoms with Crippen LogP contribution in [0.15, 0.2) is 12.3 Å². The minimum atomic E-state index is -1.06. The number of amides is 1. The Kier molecular flexibility index (Phi) is 5.62. The van der Waals surface area contributed by atoms with Crippen molar-refractivity contribution in [2.24, 2.45) is 0 Å². The number of hydrogen-bond acceptors (Lipinski definition) is 4. The summed E-state index contributed by atoms with van der Waals surface area (Å²) in [5.74, 6) is 0. The van der Waals surface area contributed by atoms with Crippen molar-refractivity contribution in [1.29, 1.82) is 0 Å². The molecule has 5 nitrogen and oxygen atoms in total. The minimum absolute atomic E-state index is 0.239. The summed E-state index contributed by atoms with van der Waals surface area (Å²) in [4.78, 5) is 15.6. The van der Waals surface area contributed by atoms with E-state index in [2.05, 4.69) is 10.3 Å². The van der Waals surface area contributed by atoms with Crippen LogP contribution in [-0.4, -0.2) is 27.8 Å². The Morgan fingerprint density at radius 3 is 2.55 bits per heavy atom. The molecular formula is C13H18Cl2N2O3. The van der Waals surface area contributed by atoms with Gasteiger partial charge in [-0.25, -0.2) is 4.79 Å². The van der Waals surface area contributed by atoms with E-state index in [0.717, 1.165) is 0 Å². The zero-order chi connectivity index (χ0) is 15.5. The van der Waals surface area contributed by atoms with Crippen LogP contribution in [0.5, 0.6) is 0 Å². The maximum absolute atomic E-state index is 11.6. The van der Waals surface area contributed by atoms with Crippen LogP contribution in [0.1, 0.15) is 39.5 Å². The highest BCUT2D eigenvalue weighted by molar-refractivity contribution is 6.34. The summed E-state index contributed by atoms with van der Waals surface area (Å²) in [7, 11) is 0. The number of hydrogen-bond donors (Lipinski definition) is 2. The fourth-order valence-corrected chi connectivity index (χ4v) is 1.94. The second-order valence-electron chi connectivity index (χ2n) is 5.40. The van der Waals surface area contributed by atoms with E-state index in [0.29, 0.717) is 5.02 Å². The van der Waals surface area contributed by atoms with Crippen LogP contribution in [0.25, 0.3) is 0 Å². The molecule has 0 saturated carbocycles. The van der Waals surface area contributed by atoms with E-state index in [1.54, 1.807) is 27.7 Å². The molecule has 0 aliphatic heterocycles. The van der Waals surface area contributed by atoms with Crippen molar-refractivity contribution in [1.82, 2.24) is 10.3 Å². The van der Waals surface area contributed by atoms with Crippen LogP contribution in [0, 0.1) is 0 Å². The number of nitrogens with one attached hydrogen (secondary N) is 1. The SMILES string of the molecule is C[C@H](NC(=O)OC(C)(C)C)[C@H](O)c1ncc(Cl)cc1Cl. The van der Waals surface area contributed by atoms with Gasteiger partial charge in [0.2, 0.25) is 0 Å². The molecule has 2 N–H and O–H groups in total. The Bertz CT molecular complexity index is 489. The molecule has 0 spiro atoms. The number of rotatable bonds is 3. The lowest BCUT2D eigenvalue weighted by atomic mass is 10.1. The van der Waals surface area contributed by atoms with Gasteiger partial charge in [0.15, 0.2) is 0 Å². The number of carbonyl (C=O) groups excluding carboxylic acids is 1. The van der Waals surface area contributed by atoms with Gasteiger partial charge in [0, 0.05) is 6.20 Å². The van der Waals surface area contributed by atoms with Crippen molar-refractivity contribution in [3.63, 3.8) is 0 Å². The van der Waals surface area contributed by atoms with Crippen molar-refractivity contribution < 1.29 is 14.6 Å². The highest BCUT2D eigenvalue weighted by Crippen LogP contribution is 2.25. The number of pyridine rings is 1. The quantitative estimate of drug-likeness (QED) is 0.896. The van der Waals surface area contributed by atoms with Gasteiger partial charge in [-0.05, 0) is 33.8 Å². The Labute approximate surface area is 128 Å². The van der Waals surface area contributed by atoms with E-state index in [1.165, 1.54) is 12.3 Å². The van der Waals surface area contributed by atoms with Crippen LogP contribution < -0.4 is 5.32 Å². The summed E-state index contributed by atoms with van der Waals surface area (Å²) in [6.07, 6.45) is -0.298. The summed E-state index contributed by atoms with van der Waals surface area (Å²) in [5, 5.41) is 13.3. The summed E-state index contributed by atoms with van der Waals surface area (Å²) in [6, 6.07) is 0.866. The third-order valence-corrected chi connectivity index (χ3v) is 2.84. The number of aliphatic hydroxyl groups is 1. The summed E-state index contributed by atoms with van der Waals surface area (Å²) in [6.45, 7) is 6.89. The minimum Gasteiger partial charge on any atom is -0.444 e. The second-order valence-corrected chi connectivity index (χ2v) is 6.24. The number of ether oxygens (including phenoxy) is 1. The number of aliphatic hydroxyl groups excluding tert-OH is 1. The van der Waals surface area contributed by atoms with Gasteiger partial charge in [-0.15, -0.1) is 0 Å². The van der Waals surface area contributed by atoms with Crippen LogP contribution >= 0.6 is 23.2 Å². The molecule has 1 heterocycles. The maximum atomic E-state index is 11.6. The average molecular weight is 321 g/mol. The van der Waals surface area contributed by atoms with E-state index in [4.69, 9.17) is 27.9 Å². The lowest BCUT2D eigenvalue weighted by molar-refractivity contribution is 0.0432. The van der Waals surface area contributed by atoms with Gasteiger partial charge in [-0.2, -0.15) is 0 Å². The summed E-state index contributed by atoms with van der Waals surface area (Å²) >= 11 is 11.7. The van der Waals surface area contributed by atoms with Crippen LogP contribution in [0.2, 0.25) is 10.0 Å². The molecule has 112 valence electrons. The van der Waals surface area contributed by atoms with E-state index in [1.807, 2.05) is 0 Å². The molecule has 2 atom stereocenters. The predicted octanol–water partition coefficient (Wildman–Crippen LogP) is 3.34. The lowest BCUT2D eigenvalue weighted by Crippen LogP contribution is -2.40. The summed E-state index contributed by atoms with van der Waals surface area (Å²) in [5.41, 5.74) is -0.357. The van der Waals surface area contributed by atoms with Gasteiger partial charge in [0.1, 0.15) is 11.7 Å². The molecule has 0 fully saturated rings. The Balaban J connectivity index is 2.72. The van der Waals surface area contributed by atoms with Gasteiger partial charge < -0.3 is 15.2 Å². The third kappa shape index (κ3) is 5.15. The Hall–Kier alpha value is -1.04. The first-order chi connectivity index (χ1) is 9.10. The van der Waals surface area contributed by atoms with Crippen molar-refractivity contribution in [2.45, 2.75) is 45.4 Å². The van der Waals surface area contributed by atoms with Crippen molar-refractivity contribution >= 4 is 29.3 Å². The van der Waals surface area contributed by atoms with Gasteiger partial charge in [-0.1, -0.05) is 23.2 Å². The van der Waals surface area contributed by atoms with Crippen LogP contribution in [-0.2, 0) is 4.74 Å². The van der Waals surface area contributed by atoms with Gasteiger partial charge in [0.05, 0.1) is 21.8 Å². The molecule has 7 heteroatoms. The first-order valence-corrected chi connectivity index (χ1v) is 6.84. The monoisotopic (exact) mass is 320 g/mol. The zero-order valence-electron chi connectivity index (χ0n) is 11.8. The van der Waals surface area contributed by atoms with E-state index < -0.39 is 23.8 Å². The van der Waals surface area contributed by atoms with Gasteiger partial charge in [-0.3, -0.25) is 4.98 Å². The number of halogens is 2. The molecule has 0 aliphatic rings. The molecular weight excluding hydrogens is 303 g/mol. The highest BCUT2D eigenvalue weighted by atomic mass is 35.5. The normalized spacial score (nSPS) is 14.6. The molecule has 0 saturated heterocycles. The van der Waals surface area contributed by atoms with E-state index >= 15 is 0 Å². The fraction of sp³-hybridized carbons (Fsp3) is 0.538. The fourth-order valence-electron chi connectivity index (χ4n) is 1.45. The third-order valence-electron chi connectivity index (χ3n) is 2.33. The molecule has 0 aliphatic carbocycles.